The summed E-state index contributed by atoms with van der Waals surface area (Å²) in [5, 5.41) is 12.0. The standard InChI is InChI=1S/C20H17ClN8/c1-11-17-19(22)24-10-25-20(17)28(26-11)12(2)18-15-4-3-13(21)9-16(15)29(27-18)14-5-7-23-8-6-14/h3-10,12H,1-2H3,(H2,22,24,25)/t12-/m0/s1. The number of nitrogens with zero attached hydrogens (tertiary/aromatic N) is 7. The van der Waals surface area contributed by atoms with Gasteiger partial charge in [0.25, 0.3) is 0 Å². The molecular weight excluding hydrogens is 388 g/mol. The van der Waals surface area contributed by atoms with Crippen molar-refractivity contribution < 1.29 is 0 Å². The second-order valence-corrected chi connectivity index (χ2v) is 7.26. The van der Waals surface area contributed by atoms with Crippen LogP contribution in [0.5, 0.6) is 0 Å². The summed E-state index contributed by atoms with van der Waals surface area (Å²) in [5.74, 6) is 0.421. The number of rotatable bonds is 3. The van der Waals surface area contributed by atoms with E-state index in [4.69, 9.17) is 22.4 Å². The molecule has 29 heavy (non-hydrogen) atoms. The van der Waals surface area contributed by atoms with Crippen LogP contribution in [0, 0.1) is 6.92 Å². The number of aromatic nitrogens is 7. The van der Waals surface area contributed by atoms with Gasteiger partial charge in [0.2, 0.25) is 0 Å². The first-order valence-corrected chi connectivity index (χ1v) is 9.46. The fraction of sp³-hybridized carbons (Fsp3) is 0.150. The van der Waals surface area contributed by atoms with Gasteiger partial charge in [-0.3, -0.25) is 4.98 Å². The van der Waals surface area contributed by atoms with Crippen LogP contribution in [0.1, 0.15) is 24.4 Å². The number of aryl methyl sites for hydroxylation is 1. The van der Waals surface area contributed by atoms with Crippen molar-refractivity contribution >= 4 is 39.4 Å². The minimum atomic E-state index is -0.188. The van der Waals surface area contributed by atoms with Crippen molar-refractivity contribution in [2.24, 2.45) is 0 Å². The SMILES string of the molecule is Cc1nn([C@@H](C)c2nn(-c3ccncc3)c3cc(Cl)ccc23)c2ncnc(N)c12. The molecule has 144 valence electrons. The molecule has 4 aromatic heterocycles. The minimum Gasteiger partial charge on any atom is -0.383 e. The lowest BCUT2D eigenvalue weighted by Crippen LogP contribution is -2.11. The third kappa shape index (κ3) is 2.72. The van der Waals surface area contributed by atoms with Crippen molar-refractivity contribution in [3.8, 4) is 5.69 Å². The highest BCUT2D eigenvalue weighted by Crippen LogP contribution is 2.32. The van der Waals surface area contributed by atoms with Gasteiger partial charge in [0.15, 0.2) is 5.65 Å². The zero-order valence-electron chi connectivity index (χ0n) is 15.8. The minimum absolute atomic E-state index is 0.188. The molecule has 0 bridgehead atoms. The molecule has 0 spiro atoms. The molecule has 0 radical (unpaired) electrons. The topological polar surface area (TPSA) is 100 Å². The average Bonchev–Trinajstić information content (AvgIpc) is 3.27. The average molecular weight is 405 g/mol. The summed E-state index contributed by atoms with van der Waals surface area (Å²) in [6, 6.07) is 9.38. The maximum absolute atomic E-state index is 6.28. The van der Waals surface area contributed by atoms with Crippen LogP contribution in [-0.2, 0) is 0 Å². The van der Waals surface area contributed by atoms with Crippen LogP contribution < -0.4 is 5.73 Å². The summed E-state index contributed by atoms with van der Waals surface area (Å²) in [6.07, 6.45) is 4.93. The van der Waals surface area contributed by atoms with Gasteiger partial charge in [-0.2, -0.15) is 10.2 Å². The van der Waals surface area contributed by atoms with E-state index in [0.29, 0.717) is 16.5 Å². The second kappa shape index (κ2) is 6.52. The molecule has 0 saturated carbocycles. The maximum atomic E-state index is 6.28. The van der Waals surface area contributed by atoms with Crippen molar-refractivity contribution in [3.63, 3.8) is 0 Å². The molecule has 9 heteroatoms. The molecule has 0 amide bonds. The Balaban J connectivity index is 1.75. The number of anilines is 1. The van der Waals surface area contributed by atoms with Gasteiger partial charge < -0.3 is 5.73 Å². The maximum Gasteiger partial charge on any atom is 0.164 e. The lowest BCUT2D eigenvalue weighted by Gasteiger charge is -2.11. The summed E-state index contributed by atoms with van der Waals surface area (Å²) < 4.78 is 3.71. The molecule has 0 fully saturated rings. The number of pyridine rings is 1. The predicted molar refractivity (Wildman–Crippen MR) is 112 cm³/mol. The molecule has 5 rings (SSSR count). The molecule has 0 saturated heterocycles. The highest BCUT2D eigenvalue weighted by molar-refractivity contribution is 6.31. The molecule has 2 N–H and O–H groups in total. The summed E-state index contributed by atoms with van der Waals surface area (Å²) >= 11 is 6.28. The molecule has 0 aliphatic rings. The molecule has 5 aromatic rings. The second-order valence-electron chi connectivity index (χ2n) is 6.83. The Morgan fingerprint density at radius 1 is 1.07 bits per heavy atom. The molecule has 1 atom stereocenters. The quantitative estimate of drug-likeness (QED) is 0.492. The predicted octanol–water partition coefficient (Wildman–Crippen LogP) is 3.71. The van der Waals surface area contributed by atoms with Gasteiger partial charge in [-0.1, -0.05) is 11.6 Å². The van der Waals surface area contributed by atoms with E-state index in [0.717, 1.165) is 33.4 Å². The van der Waals surface area contributed by atoms with E-state index >= 15 is 0 Å². The van der Waals surface area contributed by atoms with E-state index in [9.17, 15) is 0 Å². The van der Waals surface area contributed by atoms with Crippen molar-refractivity contribution in [1.29, 1.82) is 0 Å². The number of nitrogens with two attached hydrogens (primary N) is 1. The third-order valence-electron chi connectivity index (χ3n) is 5.03. The van der Waals surface area contributed by atoms with Crippen molar-refractivity contribution in [3.05, 3.63) is 65.5 Å². The van der Waals surface area contributed by atoms with Crippen LogP contribution in [0.2, 0.25) is 5.02 Å². The Kier molecular flexibility index (Phi) is 3.95. The summed E-state index contributed by atoms with van der Waals surface area (Å²) in [7, 11) is 0. The molecule has 4 heterocycles. The largest absolute Gasteiger partial charge is 0.383 e. The Hall–Kier alpha value is -3.52. The van der Waals surface area contributed by atoms with Crippen LogP contribution in [0.25, 0.3) is 27.6 Å². The van der Waals surface area contributed by atoms with Gasteiger partial charge in [0, 0.05) is 22.8 Å². The first-order valence-electron chi connectivity index (χ1n) is 9.08. The van der Waals surface area contributed by atoms with E-state index in [1.807, 2.05) is 53.5 Å². The monoisotopic (exact) mass is 404 g/mol. The molecule has 0 unspecified atom stereocenters. The third-order valence-corrected chi connectivity index (χ3v) is 5.27. The van der Waals surface area contributed by atoms with Crippen LogP contribution in [0.4, 0.5) is 5.82 Å². The number of nitrogen functional groups attached to an aromatic ring is 1. The first-order chi connectivity index (χ1) is 14.0. The smallest absolute Gasteiger partial charge is 0.164 e. The Morgan fingerprint density at radius 2 is 1.86 bits per heavy atom. The van der Waals surface area contributed by atoms with Crippen LogP contribution in [-0.4, -0.2) is 34.5 Å². The van der Waals surface area contributed by atoms with Gasteiger partial charge >= 0.3 is 0 Å². The number of benzene rings is 1. The lowest BCUT2D eigenvalue weighted by molar-refractivity contribution is 0.559. The van der Waals surface area contributed by atoms with Crippen molar-refractivity contribution in [2.75, 3.05) is 5.73 Å². The number of halogens is 1. The summed E-state index contributed by atoms with van der Waals surface area (Å²) in [5.41, 5.74) is 10.2. The van der Waals surface area contributed by atoms with Gasteiger partial charge in [-0.25, -0.2) is 19.3 Å². The van der Waals surface area contributed by atoms with E-state index in [1.54, 1.807) is 12.4 Å². The highest BCUT2D eigenvalue weighted by atomic mass is 35.5. The van der Waals surface area contributed by atoms with Crippen LogP contribution >= 0.6 is 11.6 Å². The zero-order valence-corrected chi connectivity index (χ0v) is 16.5. The van der Waals surface area contributed by atoms with Crippen LogP contribution in [0.15, 0.2) is 49.1 Å². The Morgan fingerprint density at radius 3 is 2.66 bits per heavy atom. The molecule has 0 aliphatic carbocycles. The summed E-state index contributed by atoms with van der Waals surface area (Å²) in [6.45, 7) is 3.94. The Labute approximate surface area is 171 Å². The van der Waals surface area contributed by atoms with Crippen LogP contribution in [0.3, 0.4) is 0 Å². The van der Waals surface area contributed by atoms with Gasteiger partial charge in [-0.05, 0) is 44.2 Å². The molecule has 8 nitrogen and oxygen atoms in total. The number of hydrogen-bond donors (Lipinski definition) is 1. The molecular formula is C20H17ClN8. The highest BCUT2D eigenvalue weighted by Gasteiger charge is 2.23. The van der Waals surface area contributed by atoms with E-state index in [2.05, 4.69) is 20.1 Å². The summed E-state index contributed by atoms with van der Waals surface area (Å²) in [4.78, 5) is 12.6. The van der Waals surface area contributed by atoms with Crippen molar-refractivity contribution in [1.82, 2.24) is 34.5 Å². The van der Waals surface area contributed by atoms with Gasteiger partial charge in [0.1, 0.15) is 12.1 Å². The first kappa shape index (κ1) is 17.6. The van der Waals surface area contributed by atoms with Crippen molar-refractivity contribution in [2.45, 2.75) is 19.9 Å². The normalized spacial score (nSPS) is 12.7. The lowest BCUT2D eigenvalue weighted by atomic mass is 10.1. The molecule has 1 aromatic carbocycles. The fourth-order valence-corrected chi connectivity index (χ4v) is 3.82. The molecule has 0 aliphatic heterocycles. The van der Waals surface area contributed by atoms with E-state index in [-0.39, 0.29) is 6.04 Å². The number of hydrogen-bond acceptors (Lipinski definition) is 6. The zero-order chi connectivity index (χ0) is 20.1. The van der Waals surface area contributed by atoms with Gasteiger partial charge in [0.05, 0.1) is 34.0 Å². The van der Waals surface area contributed by atoms with E-state index in [1.165, 1.54) is 6.33 Å². The Bertz CT molecular complexity index is 1360. The fourth-order valence-electron chi connectivity index (χ4n) is 3.66. The number of fused-ring (bicyclic) bond motifs is 2. The van der Waals surface area contributed by atoms with Gasteiger partial charge in [-0.15, -0.1) is 0 Å². The van der Waals surface area contributed by atoms with E-state index < -0.39 is 0 Å².